The molecule has 1 aromatic carbocycles. The van der Waals surface area contributed by atoms with Gasteiger partial charge in [-0.3, -0.25) is 5.10 Å². The number of rotatable bonds is 3. The Morgan fingerprint density at radius 1 is 1.10 bits per heavy atom. The van der Waals surface area contributed by atoms with E-state index in [0.717, 1.165) is 22.0 Å². The number of nitrogens with zero attached hydrogens (tertiary/aromatic N) is 3. The zero-order chi connectivity index (χ0) is 13.9. The quantitative estimate of drug-likeness (QED) is 0.724. The van der Waals surface area contributed by atoms with E-state index in [1.54, 1.807) is 13.3 Å². The van der Waals surface area contributed by atoms with Crippen LogP contribution in [0.3, 0.4) is 0 Å². The SMILES string of the molecule is COc1cc(Cc2nnc([NH-])c3ccccc23)ccn1.[Y]. The number of methoxy groups -OCH3 is 1. The molecule has 103 valence electrons. The number of aromatic nitrogens is 3. The Morgan fingerprint density at radius 3 is 2.62 bits per heavy atom. The van der Waals surface area contributed by atoms with E-state index in [0.29, 0.717) is 12.3 Å². The van der Waals surface area contributed by atoms with E-state index in [-0.39, 0.29) is 38.5 Å². The summed E-state index contributed by atoms with van der Waals surface area (Å²) in [5.41, 5.74) is 9.70. The maximum atomic E-state index is 7.80. The van der Waals surface area contributed by atoms with Crippen molar-refractivity contribution in [3.8, 4) is 5.88 Å². The van der Waals surface area contributed by atoms with Crippen LogP contribution < -0.4 is 4.74 Å². The zero-order valence-corrected chi connectivity index (χ0v) is 14.4. The summed E-state index contributed by atoms with van der Waals surface area (Å²) in [5, 5.41) is 9.85. The minimum Gasteiger partial charge on any atom is -0.481 e. The van der Waals surface area contributed by atoms with Gasteiger partial charge in [0.15, 0.2) is 0 Å². The summed E-state index contributed by atoms with van der Waals surface area (Å²) >= 11 is 0. The Morgan fingerprint density at radius 2 is 1.86 bits per heavy atom. The molecular formula is C15H13N4OY-. The summed E-state index contributed by atoms with van der Waals surface area (Å²) in [4.78, 5) is 4.09. The van der Waals surface area contributed by atoms with E-state index < -0.39 is 0 Å². The van der Waals surface area contributed by atoms with Crippen LogP contribution in [-0.4, -0.2) is 22.3 Å². The first-order valence-electron chi connectivity index (χ1n) is 6.23. The molecule has 6 heteroatoms. The van der Waals surface area contributed by atoms with E-state index in [2.05, 4.69) is 15.2 Å². The number of fused-ring (bicyclic) bond motifs is 1. The van der Waals surface area contributed by atoms with E-state index in [9.17, 15) is 0 Å². The van der Waals surface area contributed by atoms with Gasteiger partial charge >= 0.3 is 0 Å². The van der Waals surface area contributed by atoms with Crippen LogP contribution >= 0.6 is 0 Å². The second-order valence-corrected chi connectivity index (χ2v) is 4.42. The number of pyridine rings is 1. The van der Waals surface area contributed by atoms with Gasteiger partial charge in [0.05, 0.1) is 12.8 Å². The predicted octanol–water partition coefficient (Wildman–Crippen LogP) is 3.31. The molecule has 21 heavy (non-hydrogen) atoms. The average molecular weight is 354 g/mol. The first kappa shape index (κ1) is 15.8. The Bertz CT molecular complexity index is 763. The molecule has 3 aromatic rings. The van der Waals surface area contributed by atoms with Crippen molar-refractivity contribution in [3.63, 3.8) is 0 Å². The minimum absolute atomic E-state index is 0. The largest absolute Gasteiger partial charge is 0.481 e. The molecular weight excluding hydrogens is 341 g/mol. The van der Waals surface area contributed by atoms with Gasteiger partial charge in [-0.2, -0.15) is 0 Å². The summed E-state index contributed by atoms with van der Waals surface area (Å²) < 4.78 is 5.12. The second kappa shape index (κ2) is 6.92. The molecule has 0 amide bonds. The van der Waals surface area contributed by atoms with Crippen LogP contribution in [0.25, 0.3) is 16.5 Å². The van der Waals surface area contributed by atoms with Crippen LogP contribution in [0.5, 0.6) is 5.88 Å². The molecule has 0 saturated carbocycles. The molecule has 0 aliphatic carbocycles. The Kier molecular flexibility index (Phi) is 5.20. The fourth-order valence-corrected chi connectivity index (χ4v) is 2.16. The predicted molar refractivity (Wildman–Crippen MR) is 77.1 cm³/mol. The van der Waals surface area contributed by atoms with Gasteiger partial charge in [-0.15, -0.1) is 0 Å². The molecule has 1 radical (unpaired) electrons. The van der Waals surface area contributed by atoms with Crippen molar-refractivity contribution in [1.29, 1.82) is 0 Å². The van der Waals surface area contributed by atoms with Crippen LogP contribution in [-0.2, 0) is 39.1 Å². The Hall–Kier alpha value is -1.59. The third kappa shape index (κ3) is 3.36. The summed E-state index contributed by atoms with van der Waals surface area (Å²) in [5.74, 6) is 0.786. The molecule has 0 aliphatic heterocycles. The van der Waals surface area contributed by atoms with Crippen molar-refractivity contribution < 1.29 is 37.4 Å². The summed E-state index contributed by atoms with van der Waals surface area (Å²) in [6.45, 7) is 0. The molecule has 1 N–H and O–H groups in total. The first-order valence-corrected chi connectivity index (χ1v) is 6.23. The molecule has 5 nitrogen and oxygen atoms in total. The van der Waals surface area contributed by atoms with Gasteiger partial charge in [0, 0.05) is 56.8 Å². The molecule has 0 spiro atoms. The molecule has 0 saturated heterocycles. The van der Waals surface area contributed by atoms with Crippen molar-refractivity contribution in [3.05, 3.63) is 59.6 Å². The van der Waals surface area contributed by atoms with Gasteiger partial charge in [0.1, 0.15) is 0 Å². The fraction of sp³-hybridized carbons (Fsp3) is 0.133. The van der Waals surface area contributed by atoms with E-state index in [1.165, 1.54) is 0 Å². The number of benzene rings is 1. The van der Waals surface area contributed by atoms with Gasteiger partial charge in [0.25, 0.3) is 0 Å². The van der Waals surface area contributed by atoms with Gasteiger partial charge in [0.2, 0.25) is 5.88 Å². The van der Waals surface area contributed by atoms with Gasteiger partial charge < -0.3 is 15.6 Å². The maximum Gasteiger partial charge on any atom is 0.213 e. The third-order valence-corrected chi connectivity index (χ3v) is 3.14. The molecule has 0 unspecified atom stereocenters. The van der Waals surface area contributed by atoms with Crippen molar-refractivity contribution >= 4 is 16.6 Å². The molecule has 0 atom stereocenters. The minimum atomic E-state index is 0. The molecule has 0 fully saturated rings. The normalized spacial score (nSPS) is 10.1. The van der Waals surface area contributed by atoms with Crippen LogP contribution in [0.2, 0.25) is 0 Å². The fourth-order valence-electron chi connectivity index (χ4n) is 2.16. The van der Waals surface area contributed by atoms with E-state index in [1.807, 2.05) is 36.4 Å². The van der Waals surface area contributed by atoms with Crippen molar-refractivity contribution in [2.45, 2.75) is 6.42 Å². The van der Waals surface area contributed by atoms with Crippen molar-refractivity contribution in [1.82, 2.24) is 15.2 Å². The topological polar surface area (TPSA) is 71.7 Å². The molecule has 0 bridgehead atoms. The molecule has 3 rings (SSSR count). The Balaban J connectivity index is 0.00000161. The van der Waals surface area contributed by atoms with Crippen molar-refractivity contribution in [2.24, 2.45) is 0 Å². The van der Waals surface area contributed by atoms with E-state index in [4.69, 9.17) is 10.5 Å². The first-order chi connectivity index (χ1) is 9.78. The smallest absolute Gasteiger partial charge is 0.213 e. The number of ether oxygens (including phenoxy) is 1. The van der Waals surface area contributed by atoms with E-state index >= 15 is 0 Å². The summed E-state index contributed by atoms with van der Waals surface area (Å²) in [6.07, 6.45) is 2.34. The maximum absolute atomic E-state index is 7.80. The van der Waals surface area contributed by atoms with Crippen LogP contribution in [0.4, 0.5) is 5.82 Å². The van der Waals surface area contributed by atoms with Crippen LogP contribution in [0.15, 0.2) is 42.6 Å². The number of nitrogens with one attached hydrogen (secondary N) is 1. The van der Waals surface area contributed by atoms with Gasteiger partial charge in [-0.05, 0) is 22.8 Å². The van der Waals surface area contributed by atoms with Crippen LogP contribution in [0.1, 0.15) is 11.3 Å². The second-order valence-electron chi connectivity index (χ2n) is 4.42. The number of hydrogen-bond donors (Lipinski definition) is 0. The standard InChI is InChI=1S/C15H13N4O.Y/c1-20-14-9-10(6-7-17-14)8-13-11-4-2-3-5-12(11)15(16)19-18-13;/h2-7,9H,8H2,1H3,(H-,16,19);/q-1;. The monoisotopic (exact) mass is 354 g/mol. The van der Waals surface area contributed by atoms with Gasteiger partial charge in [-0.25, -0.2) is 4.98 Å². The Labute approximate surface area is 147 Å². The molecule has 0 aliphatic rings. The molecule has 2 aromatic heterocycles. The average Bonchev–Trinajstić information content (AvgIpc) is 2.51. The summed E-state index contributed by atoms with van der Waals surface area (Å²) in [7, 11) is 1.59. The summed E-state index contributed by atoms with van der Waals surface area (Å²) in [6, 6.07) is 11.5. The van der Waals surface area contributed by atoms with Crippen LogP contribution in [0, 0.1) is 0 Å². The van der Waals surface area contributed by atoms with Crippen molar-refractivity contribution in [2.75, 3.05) is 7.11 Å². The zero-order valence-electron chi connectivity index (χ0n) is 11.6. The third-order valence-electron chi connectivity index (χ3n) is 3.14. The number of hydrogen-bond acceptors (Lipinski definition) is 4. The van der Waals surface area contributed by atoms with Gasteiger partial charge in [-0.1, -0.05) is 24.3 Å². The molecule has 2 heterocycles.